The second kappa shape index (κ2) is 9.29. The van der Waals surface area contributed by atoms with E-state index in [9.17, 15) is 9.59 Å². The van der Waals surface area contributed by atoms with Gasteiger partial charge < -0.3 is 20.3 Å². The lowest BCUT2D eigenvalue weighted by Gasteiger charge is -2.40. The molecule has 7 heteroatoms. The van der Waals surface area contributed by atoms with Crippen LogP contribution >= 0.6 is 11.6 Å². The fourth-order valence-corrected chi connectivity index (χ4v) is 3.62. The summed E-state index contributed by atoms with van der Waals surface area (Å²) < 4.78 is 5.41. The number of hydrogen-bond donors (Lipinski definition) is 2. The number of hydrogen-bond acceptors (Lipinski definition) is 4. The molecule has 1 fully saturated rings. The van der Waals surface area contributed by atoms with Gasteiger partial charge >= 0.3 is 6.09 Å². The maximum Gasteiger partial charge on any atom is 0.410 e. The molecular weight excluding hydrogens is 390 g/mol. The number of carbonyl (C=O) groups excluding carboxylic acids is 2. The Labute approximate surface area is 176 Å². The van der Waals surface area contributed by atoms with Crippen LogP contribution in [0.4, 0.5) is 10.5 Å². The van der Waals surface area contributed by atoms with E-state index in [0.29, 0.717) is 36.6 Å². The number of rotatable bonds is 5. The molecule has 2 aromatic rings. The van der Waals surface area contributed by atoms with E-state index in [1.54, 1.807) is 24.1 Å². The number of nitrogens with zero attached hydrogens (tertiary/aromatic N) is 1. The topological polar surface area (TPSA) is 70.7 Å². The number of ether oxygens (including phenoxy) is 1. The van der Waals surface area contributed by atoms with Crippen LogP contribution in [-0.4, -0.2) is 42.6 Å². The summed E-state index contributed by atoms with van der Waals surface area (Å²) in [4.78, 5) is 27.1. The van der Waals surface area contributed by atoms with E-state index in [2.05, 4.69) is 10.6 Å². The lowest BCUT2D eigenvalue weighted by atomic mass is 9.86. The number of carbonyl (C=O) groups is 2. The van der Waals surface area contributed by atoms with E-state index >= 15 is 0 Å². The maximum atomic E-state index is 13.0. The Bertz CT molecular complexity index is 865. The van der Waals surface area contributed by atoms with Gasteiger partial charge in [0.15, 0.2) is 0 Å². The maximum absolute atomic E-state index is 13.0. The SMILES string of the molecule is CNC1(C(=O)Nc2cc(Cl)ccc2C)CCN(C(=O)OCc2ccccc2)CC1. The molecule has 2 N–H and O–H groups in total. The number of benzene rings is 2. The zero-order valence-corrected chi connectivity index (χ0v) is 17.5. The number of aryl methyl sites for hydroxylation is 1. The van der Waals surface area contributed by atoms with Gasteiger partial charge in [-0.2, -0.15) is 0 Å². The molecule has 1 saturated heterocycles. The molecule has 29 heavy (non-hydrogen) atoms. The predicted octanol–water partition coefficient (Wildman–Crippen LogP) is 3.98. The third-order valence-corrected chi connectivity index (χ3v) is 5.68. The third kappa shape index (κ3) is 5.08. The molecule has 0 aromatic heterocycles. The summed E-state index contributed by atoms with van der Waals surface area (Å²) in [6, 6.07) is 15.0. The molecule has 1 aliphatic rings. The fraction of sp³-hybridized carbons (Fsp3) is 0.364. The van der Waals surface area contributed by atoms with E-state index in [1.807, 2.05) is 43.3 Å². The molecule has 6 nitrogen and oxygen atoms in total. The van der Waals surface area contributed by atoms with Crippen LogP contribution in [0.2, 0.25) is 5.02 Å². The minimum atomic E-state index is -0.745. The Morgan fingerprint density at radius 1 is 1.14 bits per heavy atom. The van der Waals surface area contributed by atoms with Gasteiger partial charge in [0.2, 0.25) is 5.91 Å². The fourth-order valence-electron chi connectivity index (χ4n) is 3.44. The highest BCUT2D eigenvalue weighted by Crippen LogP contribution is 2.27. The van der Waals surface area contributed by atoms with Crippen molar-refractivity contribution in [3.05, 3.63) is 64.7 Å². The highest BCUT2D eigenvalue weighted by molar-refractivity contribution is 6.31. The van der Waals surface area contributed by atoms with Gasteiger partial charge in [0.1, 0.15) is 12.1 Å². The van der Waals surface area contributed by atoms with Crippen molar-refractivity contribution in [2.75, 3.05) is 25.5 Å². The largest absolute Gasteiger partial charge is 0.445 e. The Hall–Kier alpha value is -2.57. The number of likely N-dealkylation sites (tertiary alicyclic amines) is 1. The molecule has 3 rings (SSSR count). The molecule has 0 radical (unpaired) electrons. The van der Waals surface area contributed by atoms with Crippen molar-refractivity contribution in [3.8, 4) is 0 Å². The van der Waals surface area contributed by atoms with Gasteiger partial charge in [-0.05, 0) is 50.1 Å². The average Bonchev–Trinajstić information content (AvgIpc) is 2.75. The smallest absolute Gasteiger partial charge is 0.410 e. The van der Waals surface area contributed by atoms with Gasteiger partial charge in [-0.3, -0.25) is 4.79 Å². The first-order chi connectivity index (χ1) is 13.9. The van der Waals surface area contributed by atoms with Gasteiger partial charge in [0.25, 0.3) is 0 Å². The van der Waals surface area contributed by atoms with Crippen molar-refractivity contribution in [3.63, 3.8) is 0 Å². The summed E-state index contributed by atoms with van der Waals surface area (Å²) >= 11 is 6.06. The van der Waals surface area contributed by atoms with E-state index in [4.69, 9.17) is 16.3 Å². The summed E-state index contributed by atoms with van der Waals surface area (Å²) in [6.07, 6.45) is 0.634. The van der Waals surface area contributed by atoms with Crippen molar-refractivity contribution >= 4 is 29.3 Å². The average molecular weight is 416 g/mol. The molecule has 1 aliphatic heterocycles. The van der Waals surface area contributed by atoms with Crippen LogP contribution in [0.5, 0.6) is 0 Å². The summed E-state index contributed by atoms with van der Waals surface area (Å²) in [7, 11) is 1.77. The zero-order chi connectivity index (χ0) is 20.9. The normalized spacial score (nSPS) is 15.6. The van der Waals surface area contributed by atoms with Gasteiger partial charge in [-0.15, -0.1) is 0 Å². The summed E-state index contributed by atoms with van der Waals surface area (Å²) in [5, 5.41) is 6.72. The van der Waals surface area contributed by atoms with E-state index in [-0.39, 0.29) is 18.6 Å². The van der Waals surface area contributed by atoms with Gasteiger partial charge in [0, 0.05) is 23.8 Å². The van der Waals surface area contributed by atoms with Crippen molar-refractivity contribution in [1.82, 2.24) is 10.2 Å². The molecule has 0 bridgehead atoms. The summed E-state index contributed by atoms with van der Waals surface area (Å²) in [5.74, 6) is -0.123. The van der Waals surface area contributed by atoms with Crippen molar-refractivity contribution in [2.45, 2.75) is 31.9 Å². The van der Waals surface area contributed by atoms with Gasteiger partial charge in [-0.25, -0.2) is 4.79 Å². The van der Waals surface area contributed by atoms with Crippen LogP contribution in [0.15, 0.2) is 48.5 Å². The first-order valence-corrected chi connectivity index (χ1v) is 10.0. The van der Waals surface area contributed by atoms with Crippen LogP contribution in [0.3, 0.4) is 0 Å². The monoisotopic (exact) mass is 415 g/mol. The third-order valence-electron chi connectivity index (χ3n) is 5.44. The molecule has 0 atom stereocenters. The van der Waals surface area contributed by atoms with Gasteiger partial charge in [-0.1, -0.05) is 48.0 Å². The molecule has 0 spiro atoms. The predicted molar refractivity (Wildman–Crippen MR) is 114 cm³/mol. The number of likely N-dealkylation sites (N-methyl/N-ethyl adjacent to an activating group) is 1. The minimum absolute atomic E-state index is 0.123. The summed E-state index contributed by atoms with van der Waals surface area (Å²) in [5.41, 5.74) is 1.83. The number of piperidine rings is 1. The summed E-state index contributed by atoms with van der Waals surface area (Å²) in [6.45, 7) is 3.04. The molecule has 2 aromatic carbocycles. The molecule has 2 amide bonds. The van der Waals surface area contributed by atoms with Crippen LogP contribution in [0.1, 0.15) is 24.0 Å². The van der Waals surface area contributed by atoms with E-state index in [1.165, 1.54) is 0 Å². The molecular formula is C22H26ClN3O3. The van der Waals surface area contributed by atoms with Crippen LogP contribution in [0, 0.1) is 6.92 Å². The van der Waals surface area contributed by atoms with E-state index in [0.717, 1.165) is 11.1 Å². The molecule has 0 unspecified atom stereocenters. The molecule has 1 heterocycles. The quantitative estimate of drug-likeness (QED) is 0.774. The first-order valence-electron chi connectivity index (χ1n) is 9.66. The van der Waals surface area contributed by atoms with Crippen LogP contribution < -0.4 is 10.6 Å². The minimum Gasteiger partial charge on any atom is -0.445 e. The first kappa shape index (κ1) is 21.1. The lowest BCUT2D eigenvalue weighted by Crippen LogP contribution is -2.59. The number of halogens is 1. The van der Waals surface area contributed by atoms with Crippen molar-refractivity contribution in [2.24, 2.45) is 0 Å². The zero-order valence-electron chi connectivity index (χ0n) is 16.7. The van der Waals surface area contributed by atoms with E-state index < -0.39 is 5.54 Å². The highest BCUT2D eigenvalue weighted by Gasteiger charge is 2.41. The Balaban J connectivity index is 1.58. The highest BCUT2D eigenvalue weighted by atomic mass is 35.5. The molecule has 154 valence electrons. The van der Waals surface area contributed by atoms with Crippen LogP contribution in [-0.2, 0) is 16.1 Å². The van der Waals surface area contributed by atoms with Crippen molar-refractivity contribution < 1.29 is 14.3 Å². The second-order valence-corrected chi connectivity index (χ2v) is 7.71. The molecule has 0 saturated carbocycles. The number of nitrogens with one attached hydrogen (secondary N) is 2. The lowest BCUT2D eigenvalue weighted by molar-refractivity contribution is -0.124. The number of anilines is 1. The standard InChI is InChI=1S/C22H26ClN3O3/c1-16-8-9-18(23)14-19(16)25-20(27)22(24-2)10-12-26(13-11-22)21(28)29-15-17-6-4-3-5-7-17/h3-9,14,24H,10-13,15H2,1-2H3,(H,25,27). The Kier molecular flexibility index (Phi) is 6.77. The van der Waals surface area contributed by atoms with Gasteiger partial charge in [0.05, 0.1) is 0 Å². The Morgan fingerprint density at radius 2 is 1.83 bits per heavy atom. The Morgan fingerprint density at radius 3 is 2.48 bits per heavy atom. The van der Waals surface area contributed by atoms with Crippen molar-refractivity contribution in [1.29, 1.82) is 0 Å². The molecule has 0 aliphatic carbocycles. The van der Waals surface area contributed by atoms with Crippen LogP contribution in [0.25, 0.3) is 0 Å². The number of amides is 2. The second-order valence-electron chi connectivity index (χ2n) is 7.27.